The molecule has 2 aromatic carbocycles. The third-order valence-corrected chi connectivity index (χ3v) is 16.9. The van der Waals surface area contributed by atoms with Gasteiger partial charge in [-0.1, -0.05) is 58.4 Å². The predicted octanol–water partition coefficient (Wildman–Crippen LogP) is 13.6. The van der Waals surface area contributed by atoms with Crippen LogP contribution in [-0.2, 0) is 14.0 Å². The molecule has 0 fully saturated rings. The molecule has 69 heavy (non-hydrogen) atoms. The summed E-state index contributed by atoms with van der Waals surface area (Å²) < 4.78 is 259. The second-order valence-corrected chi connectivity index (χ2v) is 21.4. The van der Waals surface area contributed by atoms with Crippen LogP contribution in [-0.4, -0.2) is 93.5 Å². The second kappa shape index (κ2) is 22.1. The smallest absolute Gasteiger partial charge is 0.460 e. The van der Waals surface area contributed by atoms with Crippen molar-refractivity contribution in [2.75, 3.05) is 25.6 Å². The highest BCUT2D eigenvalue weighted by Gasteiger charge is 2.95. The fraction of sp³-hybridized carbons (Fsp3) is 0.571. The molecule has 392 valence electrons. The molecule has 2 aromatic rings. The van der Waals surface area contributed by atoms with Gasteiger partial charge in [-0.15, -0.1) is 0 Å². The minimum Gasteiger partial charge on any atom is -0.497 e. The van der Waals surface area contributed by atoms with Gasteiger partial charge in [0.15, 0.2) is 8.32 Å². The van der Waals surface area contributed by atoms with Gasteiger partial charge < -0.3 is 18.6 Å². The Labute approximate surface area is 385 Å². The summed E-state index contributed by atoms with van der Waals surface area (Å²) in [6.07, 6.45) is -9.64. The van der Waals surface area contributed by atoms with Gasteiger partial charge in [0.2, 0.25) is 0 Å². The minimum absolute atomic E-state index is 0.101. The van der Waals surface area contributed by atoms with Crippen molar-refractivity contribution >= 4 is 26.0 Å². The summed E-state index contributed by atoms with van der Waals surface area (Å²) in [6.45, 7) is 9.19. The number of hydrogen-bond donors (Lipinski definition) is 3. The number of ether oxygens (including phenoxy) is 3. The van der Waals surface area contributed by atoms with Crippen LogP contribution in [0.15, 0.2) is 71.8 Å². The summed E-state index contributed by atoms with van der Waals surface area (Å²) >= 11 is 0. The first-order chi connectivity index (χ1) is 31.3. The largest absolute Gasteiger partial charge is 0.497 e. The number of allylic oxidation sites excluding steroid dienone is 2. The number of nitrogens with one attached hydrogen (secondary N) is 2. The van der Waals surface area contributed by atoms with Crippen LogP contribution in [0.3, 0.4) is 0 Å². The van der Waals surface area contributed by atoms with Crippen LogP contribution in [0, 0.1) is 5.92 Å². The lowest BCUT2D eigenvalue weighted by Crippen LogP contribution is -2.74. The average Bonchev–Trinajstić information content (AvgIpc) is 3.24. The maximum Gasteiger partial charge on any atom is 0.460 e. The van der Waals surface area contributed by atoms with Crippen LogP contribution in [0.5, 0.6) is 11.5 Å². The Morgan fingerprint density at radius 2 is 1.12 bits per heavy atom. The Morgan fingerprint density at radius 3 is 1.57 bits per heavy atom. The van der Waals surface area contributed by atoms with Gasteiger partial charge in [0.25, 0.3) is 5.91 Å². The Balaban J connectivity index is 2.35. The van der Waals surface area contributed by atoms with Crippen LogP contribution in [0.2, 0.25) is 17.1 Å². The first kappa shape index (κ1) is 60.3. The number of rotatable bonds is 24. The van der Waals surface area contributed by atoms with Crippen LogP contribution in [0.25, 0.3) is 0 Å². The van der Waals surface area contributed by atoms with Crippen LogP contribution in [0.1, 0.15) is 66.6 Å². The highest BCUT2D eigenvalue weighted by Crippen LogP contribution is 2.64. The van der Waals surface area contributed by atoms with Crippen molar-refractivity contribution in [3.8, 4) is 11.5 Å². The van der Waals surface area contributed by atoms with Crippen molar-refractivity contribution in [3.05, 3.63) is 77.4 Å². The van der Waals surface area contributed by atoms with Crippen molar-refractivity contribution in [2.24, 2.45) is 5.92 Å². The fourth-order valence-electron chi connectivity index (χ4n) is 6.91. The highest BCUT2D eigenvalue weighted by atomic mass is 28.4. The van der Waals surface area contributed by atoms with Gasteiger partial charge in [-0.25, -0.2) is 10.3 Å². The van der Waals surface area contributed by atoms with Crippen LogP contribution in [0.4, 0.5) is 85.1 Å². The molecule has 2 rings (SSSR count). The number of carbonyl (C=O) groups excluding carboxylic acids is 2. The molecule has 27 heteroatoms. The molecule has 2 amide bonds. The zero-order valence-corrected chi connectivity index (χ0v) is 38.7. The van der Waals surface area contributed by atoms with E-state index in [0.717, 1.165) is 6.08 Å². The molecule has 2 atom stereocenters. The lowest BCUT2D eigenvalue weighted by Gasteiger charge is -2.44. The van der Waals surface area contributed by atoms with Gasteiger partial charge in [0.1, 0.15) is 24.2 Å². The van der Waals surface area contributed by atoms with E-state index in [0.29, 0.717) is 28.1 Å². The highest BCUT2D eigenvalue weighted by molar-refractivity contribution is 6.76. The fourth-order valence-corrected chi connectivity index (χ4v) is 11.4. The van der Waals surface area contributed by atoms with Crippen LogP contribution >= 0.6 is 0 Å². The van der Waals surface area contributed by atoms with E-state index >= 15 is 8.78 Å². The molecule has 0 heterocycles. The van der Waals surface area contributed by atoms with E-state index in [4.69, 9.17) is 23.8 Å². The third-order valence-electron chi connectivity index (χ3n) is 11.2. The van der Waals surface area contributed by atoms with Crippen molar-refractivity contribution < 1.29 is 108 Å². The first-order valence-electron chi connectivity index (χ1n) is 20.3. The lowest BCUT2D eigenvalue weighted by molar-refractivity contribution is -0.461. The minimum atomic E-state index is -8.71. The van der Waals surface area contributed by atoms with E-state index < -0.39 is 117 Å². The SMILES string of the molecule is COc1ccc(NC(=O)O[C@@H](c2ccc(OCCO[Si](CCC(F)(F)C(F)(F)C(F)(F)C(F)(F)C(F)(F)C(F)(F)C(F)(F)C(F)(F)F)(C(C)C)C(C)C)cc2)[C@H](C)/C(C)=C/C(C)=C/C(=O)NO)cc1. The molecular weight excluding hydrogens is 996 g/mol. The number of halogens is 17. The molecule has 0 bridgehead atoms. The number of methoxy groups -OCH3 is 1. The zero-order valence-electron chi connectivity index (χ0n) is 37.7. The number of anilines is 1. The van der Waals surface area contributed by atoms with Gasteiger partial charge in [0.05, 0.1) is 13.7 Å². The molecule has 0 spiro atoms. The Bertz CT molecular complexity index is 2090. The molecule has 0 aliphatic carbocycles. The number of carbonyl (C=O) groups is 2. The van der Waals surface area contributed by atoms with E-state index in [9.17, 15) is 75.4 Å². The Hall–Kier alpha value is -4.79. The van der Waals surface area contributed by atoms with E-state index in [1.165, 1.54) is 64.6 Å². The summed E-state index contributed by atoms with van der Waals surface area (Å²) in [7, 11) is -2.60. The molecular formula is C42H49F17N2O7Si. The topological polar surface area (TPSA) is 115 Å². The molecule has 0 saturated carbocycles. The lowest BCUT2D eigenvalue weighted by atomic mass is 9.88. The zero-order chi connectivity index (χ0) is 53.6. The summed E-state index contributed by atoms with van der Waals surface area (Å²) in [6, 6.07) is 10.6. The summed E-state index contributed by atoms with van der Waals surface area (Å²) in [5, 5.41) is 11.4. The standard InChI is InChI=1S/C42H49F17N2O7Si/c1-23(2)69(24(3)4,20-17-35(43,44)36(45,46)37(47,48)38(49,50)39(51,52)40(53,54)41(55,56)42(57,58)59)67-19-18-66-31-13-9-28(10-14-31)33(27(7)26(6)21-25(5)22-32(62)61-64)68-34(63)60-29-11-15-30(65-8)16-12-29/h9-16,21-24,27,33,64H,17-20H2,1-8H3,(H,60,63)(H,61,62)/b25-22+,26-21+/t27-,33-/m1/s1. The van der Waals surface area contributed by atoms with Crippen LogP contribution < -0.4 is 20.3 Å². The van der Waals surface area contributed by atoms with Crippen molar-refractivity contribution in [1.82, 2.24) is 5.48 Å². The monoisotopic (exact) mass is 1040 g/mol. The quantitative estimate of drug-likeness (QED) is 0.0182. The third kappa shape index (κ3) is 12.6. The van der Waals surface area contributed by atoms with Gasteiger partial charge in [-0.2, -0.15) is 74.6 Å². The number of hydroxylamine groups is 1. The van der Waals surface area contributed by atoms with Gasteiger partial charge in [-0.3, -0.25) is 15.3 Å². The molecule has 0 aromatic heterocycles. The van der Waals surface area contributed by atoms with Gasteiger partial charge in [-0.05, 0) is 78.5 Å². The summed E-state index contributed by atoms with van der Waals surface area (Å²) in [5.74, 6) is -57.7. The van der Waals surface area contributed by atoms with E-state index in [1.54, 1.807) is 51.1 Å². The Morgan fingerprint density at radius 1 is 0.652 bits per heavy atom. The number of amides is 2. The van der Waals surface area contributed by atoms with Gasteiger partial charge in [0, 0.05) is 24.1 Å². The molecule has 9 nitrogen and oxygen atoms in total. The first-order valence-corrected chi connectivity index (χ1v) is 22.5. The molecule has 0 saturated heterocycles. The summed E-state index contributed by atoms with van der Waals surface area (Å²) in [4.78, 5) is 24.7. The number of benzene rings is 2. The van der Waals surface area contributed by atoms with Gasteiger partial charge >= 0.3 is 53.7 Å². The molecule has 0 aliphatic rings. The van der Waals surface area contributed by atoms with E-state index in [2.05, 4.69) is 5.32 Å². The van der Waals surface area contributed by atoms with E-state index in [1.807, 2.05) is 0 Å². The normalized spacial score (nSPS) is 15.2. The number of hydrogen-bond acceptors (Lipinski definition) is 7. The maximum absolute atomic E-state index is 15.0. The molecule has 0 aliphatic heterocycles. The predicted molar refractivity (Wildman–Crippen MR) is 216 cm³/mol. The summed E-state index contributed by atoms with van der Waals surface area (Å²) in [5.41, 5.74) is 1.40. The second-order valence-electron chi connectivity index (χ2n) is 16.4. The number of alkyl halides is 17. The van der Waals surface area contributed by atoms with E-state index in [-0.39, 0.29) is 5.75 Å². The molecule has 3 N–H and O–H groups in total. The average molecular weight is 1040 g/mol. The van der Waals surface area contributed by atoms with Crippen molar-refractivity contribution in [1.29, 1.82) is 0 Å². The van der Waals surface area contributed by atoms with Crippen molar-refractivity contribution in [2.45, 2.75) is 126 Å². The molecule has 0 radical (unpaired) electrons. The van der Waals surface area contributed by atoms with Crippen molar-refractivity contribution in [3.63, 3.8) is 0 Å². The Kier molecular flexibility index (Phi) is 19.3. The molecule has 0 unspecified atom stereocenters. The maximum atomic E-state index is 15.0.